The Labute approximate surface area is 136 Å². The van der Waals surface area contributed by atoms with Crippen molar-refractivity contribution in [3.05, 3.63) is 70.3 Å². The van der Waals surface area contributed by atoms with Crippen molar-refractivity contribution >= 4 is 10.9 Å². The first kappa shape index (κ1) is 15.5. The lowest BCUT2D eigenvalue weighted by molar-refractivity contribution is 0.581. The van der Waals surface area contributed by atoms with Gasteiger partial charge in [0, 0.05) is 5.92 Å². The molecular formula is C20H22N2O. The SMILES string of the molecule is CCC(CC)c1nc2ccccc2c(=O)n1-c1ccccc1C. The van der Waals surface area contributed by atoms with Crippen LogP contribution in [0, 0.1) is 6.92 Å². The fourth-order valence-corrected chi connectivity index (χ4v) is 3.12. The van der Waals surface area contributed by atoms with E-state index in [0.717, 1.165) is 35.4 Å². The van der Waals surface area contributed by atoms with Crippen LogP contribution in [0.25, 0.3) is 16.6 Å². The molecule has 3 nitrogen and oxygen atoms in total. The van der Waals surface area contributed by atoms with Crippen LogP contribution in [0.1, 0.15) is 44.0 Å². The number of benzene rings is 2. The lowest BCUT2D eigenvalue weighted by Crippen LogP contribution is -2.26. The molecule has 0 saturated heterocycles. The number of nitrogens with zero attached hydrogens (tertiary/aromatic N) is 2. The maximum Gasteiger partial charge on any atom is 0.265 e. The quantitative estimate of drug-likeness (QED) is 0.706. The summed E-state index contributed by atoms with van der Waals surface area (Å²) >= 11 is 0. The standard InChI is InChI=1S/C20H22N2O/c1-4-15(5-2)19-21-17-12-8-7-11-16(17)20(23)22(19)18-13-9-6-10-14(18)3/h6-13,15H,4-5H2,1-3H3. The Morgan fingerprint density at radius 2 is 1.65 bits per heavy atom. The summed E-state index contributed by atoms with van der Waals surface area (Å²) in [5, 5.41) is 0.672. The van der Waals surface area contributed by atoms with Crippen molar-refractivity contribution in [3.8, 4) is 5.69 Å². The lowest BCUT2D eigenvalue weighted by Gasteiger charge is -2.20. The first-order valence-electron chi connectivity index (χ1n) is 8.25. The van der Waals surface area contributed by atoms with E-state index >= 15 is 0 Å². The zero-order valence-electron chi connectivity index (χ0n) is 13.9. The highest BCUT2D eigenvalue weighted by atomic mass is 16.1. The predicted octanol–water partition coefficient (Wildman–Crippen LogP) is 4.60. The molecule has 0 saturated carbocycles. The Kier molecular flexibility index (Phi) is 4.28. The van der Waals surface area contributed by atoms with E-state index in [1.54, 1.807) is 0 Å². The van der Waals surface area contributed by atoms with Crippen LogP contribution in [0.3, 0.4) is 0 Å². The Balaban J connectivity index is 2.42. The van der Waals surface area contributed by atoms with Gasteiger partial charge >= 0.3 is 0 Å². The van der Waals surface area contributed by atoms with Crippen LogP contribution < -0.4 is 5.56 Å². The van der Waals surface area contributed by atoms with Crippen molar-refractivity contribution in [3.63, 3.8) is 0 Å². The molecule has 1 heterocycles. The smallest absolute Gasteiger partial charge is 0.265 e. The van der Waals surface area contributed by atoms with Gasteiger partial charge in [-0.05, 0) is 43.5 Å². The average Bonchev–Trinajstić information content (AvgIpc) is 2.57. The number of hydrogen-bond acceptors (Lipinski definition) is 2. The van der Waals surface area contributed by atoms with Gasteiger partial charge in [-0.2, -0.15) is 0 Å². The van der Waals surface area contributed by atoms with Gasteiger partial charge in [-0.15, -0.1) is 0 Å². The molecular weight excluding hydrogens is 284 g/mol. The van der Waals surface area contributed by atoms with Gasteiger partial charge in [-0.25, -0.2) is 4.98 Å². The summed E-state index contributed by atoms with van der Waals surface area (Å²) in [5.41, 5.74) is 2.81. The number of aryl methyl sites for hydroxylation is 1. The minimum atomic E-state index is 0.0202. The summed E-state index contributed by atoms with van der Waals surface area (Å²) < 4.78 is 1.81. The maximum absolute atomic E-state index is 13.2. The zero-order valence-corrected chi connectivity index (χ0v) is 13.9. The van der Waals surface area contributed by atoms with Crippen LogP contribution in [0.5, 0.6) is 0 Å². The summed E-state index contributed by atoms with van der Waals surface area (Å²) in [6.07, 6.45) is 1.93. The molecule has 0 spiro atoms. The Morgan fingerprint density at radius 1 is 1.00 bits per heavy atom. The third-order valence-corrected chi connectivity index (χ3v) is 4.51. The second kappa shape index (κ2) is 6.37. The first-order chi connectivity index (χ1) is 11.2. The second-order valence-corrected chi connectivity index (χ2v) is 5.93. The Bertz CT molecular complexity index is 892. The number of para-hydroxylation sites is 2. The van der Waals surface area contributed by atoms with E-state index in [4.69, 9.17) is 4.98 Å². The van der Waals surface area contributed by atoms with Crippen molar-refractivity contribution in [2.24, 2.45) is 0 Å². The van der Waals surface area contributed by atoms with Crippen LogP contribution in [0.2, 0.25) is 0 Å². The third kappa shape index (κ3) is 2.67. The van der Waals surface area contributed by atoms with Gasteiger partial charge in [0.25, 0.3) is 5.56 Å². The predicted molar refractivity (Wildman–Crippen MR) is 95.4 cm³/mol. The lowest BCUT2D eigenvalue weighted by atomic mass is 10.0. The van der Waals surface area contributed by atoms with Crippen LogP contribution in [0.15, 0.2) is 53.3 Å². The van der Waals surface area contributed by atoms with Gasteiger partial charge in [-0.3, -0.25) is 9.36 Å². The largest absolute Gasteiger partial charge is 0.268 e. The minimum absolute atomic E-state index is 0.0202. The molecule has 118 valence electrons. The fourth-order valence-electron chi connectivity index (χ4n) is 3.12. The molecule has 0 N–H and O–H groups in total. The molecule has 2 aromatic carbocycles. The van der Waals surface area contributed by atoms with Crippen LogP contribution in [0.4, 0.5) is 0 Å². The van der Waals surface area contributed by atoms with Crippen molar-refractivity contribution in [1.82, 2.24) is 9.55 Å². The molecule has 0 bridgehead atoms. The van der Waals surface area contributed by atoms with Crippen LogP contribution in [-0.4, -0.2) is 9.55 Å². The van der Waals surface area contributed by atoms with Gasteiger partial charge in [0.1, 0.15) is 5.82 Å². The topological polar surface area (TPSA) is 34.9 Å². The summed E-state index contributed by atoms with van der Waals surface area (Å²) in [6, 6.07) is 15.6. The fraction of sp³-hybridized carbons (Fsp3) is 0.300. The summed E-state index contributed by atoms with van der Waals surface area (Å²) in [7, 11) is 0. The van der Waals surface area contributed by atoms with E-state index in [0.29, 0.717) is 5.39 Å². The summed E-state index contributed by atoms with van der Waals surface area (Å²) in [5.74, 6) is 1.14. The Morgan fingerprint density at radius 3 is 2.35 bits per heavy atom. The zero-order chi connectivity index (χ0) is 16.4. The van der Waals surface area contributed by atoms with Gasteiger partial charge in [0.15, 0.2) is 0 Å². The van der Waals surface area contributed by atoms with Crippen molar-refractivity contribution in [2.45, 2.75) is 39.5 Å². The normalized spacial score (nSPS) is 11.3. The number of aromatic nitrogens is 2. The molecule has 0 aliphatic heterocycles. The number of hydrogen-bond donors (Lipinski definition) is 0. The van der Waals surface area contributed by atoms with Crippen molar-refractivity contribution in [1.29, 1.82) is 0 Å². The monoisotopic (exact) mass is 306 g/mol. The maximum atomic E-state index is 13.2. The van der Waals surface area contributed by atoms with Crippen LogP contribution in [-0.2, 0) is 0 Å². The highest BCUT2D eigenvalue weighted by Gasteiger charge is 2.19. The van der Waals surface area contributed by atoms with E-state index in [9.17, 15) is 4.79 Å². The van der Waals surface area contributed by atoms with Gasteiger partial charge < -0.3 is 0 Å². The molecule has 3 heteroatoms. The third-order valence-electron chi connectivity index (χ3n) is 4.51. The number of rotatable bonds is 4. The first-order valence-corrected chi connectivity index (χ1v) is 8.25. The van der Waals surface area contributed by atoms with Gasteiger partial charge in [-0.1, -0.05) is 44.2 Å². The molecule has 0 amide bonds. The molecule has 3 aromatic rings. The van der Waals surface area contributed by atoms with Crippen LogP contribution >= 0.6 is 0 Å². The highest BCUT2D eigenvalue weighted by Crippen LogP contribution is 2.25. The van der Waals surface area contributed by atoms with E-state index in [1.807, 2.05) is 60.0 Å². The van der Waals surface area contributed by atoms with E-state index in [1.165, 1.54) is 0 Å². The molecule has 0 fully saturated rings. The molecule has 3 rings (SSSR count). The van der Waals surface area contributed by atoms with Crippen molar-refractivity contribution < 1.29 is 0 Å². The van der Waals surface area contributed by atoms with E-state index in [-0.39, 0.29) is 11.5 Å². The molecule has 23 heavy (non-hydrogen) atoms. The molecule has 0 aliphatic rings. The molecule has 0 aliphatic carbocycles. The molecule has 0 radical (unpaired) electrons. The van der Waals surface area contributed by atoms with E-state index < -0.39 is 0 Å². The van der Waals surface area contributed by atoms with Crippen molar-refractivity contribution in [2.75, 3.05) is 0 Å². The minimum Gasteiger partial charge on any atom is -0.268 e. The molecule has 0 atom stereocenters. The average molecular weight is 306 g/mol. The molecule has 1 aromatic heterocycles. The second-order valence-electron chi connectivity index (χ2n) is 5.93. The number of fused-ring (bicyclic) bond motifs is 1. The summed E-state index contributed by atoms with van der Waals surface area (Å²) in [4.78, 5) is 18.0. The van der Waals surface area contributed by atoms with Gasteiger partial charge in [0.2, 0.25) is 0 Å². The Hall–Kier alpha value is -2.42. The highest BCUT2D eigenvalue weighted by molar-refractivity contribution is 5.78. The molecule has 0 unspecified atom stereocenters. The van der Waals surface area contributed by atoms with E-state index in [2.05, 4.69) is 13.8 Å². The van der Waals surface area contributed by atoms with Gasteiger partial charge in [0.05, 0.1) is 16.6 Å². The summed E-state index contributed by atoms with van der Waals surface area (Å²) in [6.45, 7) is 6.34.